The van der Waals surface area contributed by atoms with Crippen LogP contribution in [0, 0.1) is 0 Å². The molecule has 2 aromatic heterocycles. The summed E-state index contributed by atoms with van der Waals surface area (Å²) in [5.74, 6) is 0. The number of hydrogen-bond acceptors (Lipinski definition) is 5. The third kappa shape index (κ3) is 5.19. The van der Waals surface area contributed by atoms with Gasteiger partial charge in [-0.3, -0.25) is 0 Å². The number of hydrogen-bond donors (Lipinski definition) is 1. The van der Waals surface area contributed by atoms with Crippen molar-refractivity contribution in [1.82, 2.24) is 20.0 Å². The van der Waals surface area contributed by atoms with Gasteiger partial charge in [0.1, 0.15) is 0 Å². The molecule has 3 heterocycles. The summed E-state index contributed by atoms with van der Waals surface area (Å²) in [7, 11) is 0. The molecule has 0 amide bonds. The molecule has 26 heavy (non-hydrogen) atoms. The summed E-state index contributed by atoms with van der Waals surface area (Å²) in [6.07, 6.45) is 6.03. The maximum absolute atomic E-state index is 5.45. The first-order valence-electron chi connectivity index (χ1n) is 9.36. The molecular weight excluding hydrogens is 433 g/mol. The minimum absolute atomic E-state index is 0.356. The molecule has 6 nitrogen and oxygen atoms in total. The van der Waals surface area contributed by atoms with Crippen LogP contribution >= 0.6 is 0 Å². The van der Waals surface area contributed by atoms with Crippen molar-refractivity contribution >= 4 is 30.5 Å². The quantitative estimate of drug-likeness (QED) is 0.693. The predicted octanol–water partition coefficient (Wildman–Crippen LogP) is 3.06. The van der Waals surface area contributed by atoms with Crippen LogP contribution < -0.4 is 9.03 Å². The van der Waals surface area contributed by atoms with Gasteiger partial charge in [0.05, 0.1) is 0 Å². The SMILES string of the molecule is CC(C)Nc1c[c]([Sn][C](C)(C)C)ncc1-c1cn(C2CCOCC2)nn1. The molecule has 0 aliphatic carbocycles. The monoisotopic (exact) mass is 463 g/mol. The number of pyridine rings is 1. The number of ether oxygens (including phenoxy) is 1. The van der Waals surface area contributed by atoms with Crippen LogP contribution in [0.3, 0.4) is 0 Å². The van der Waals surface area contributed by atoms with E-state index in [-0.39, 0.29) is 0 Å². The number of nitrogens with one attached hydrogen (secondary N) is 1. The van der Waals surface area contributed by atoms with Gasteiger partial charge in [0.25, 0.3) is 0 Å². The molecule has 1 aliphatic heterocycles. The van der Waals surface area contributed by atoms with Gasteiger partial charge in [-0.1, -0.05) is 0 Å². The summed E-state index contributed by atoms with van der Waals surface area (Å²) in [4.78, 5) is 4.77. The van der Waals surface area contributed by atoms with Crippen molar-refractivity contribution in [3.05, 3.63) is 18.5 Å². The van der Waals surface area contributed by atoms with E-state index in [1.54, 1.807) is 0 Å². The second kappa shape index (κ2) is 8.25. The molecule has 0 spiro atoms. The van der Waals surface area contributed by atoms with Gasteiger partial charge in [0, 0.05) is 0 Å². The van der Waals surface area contributed by atoms with Gasteiger partial charge in [0.2, 0.25) is 0 Å². The second-order valence-electron chi connectivity index (χ2n) is 8.22. The van der Waals surface area contributed by atoms with Crippen molar-refractivity contribution < 1.29 is 4.74 Å². The molecule has 1 aliphatic rings. The van der Waals surface area contributed by atoms with E-state index in [0.717, 1.165) is 43.0 Å². The van der Waals surface area contributed by atoms with Crippen LogP contribution in [0.4, 0.5) is 5.69 Å². The van der Waals surface area contributed by atoms with Crippen molar-refractivity contribution in [2.75, 3.05) is 18.5 Å². The predicted molar refractivity (Wildman–Crippen MR) is 106 cm³/mol. The average Bonchev–Trinajstić information content (AvgIpc) is 3.03. The van der Waals surface area contributed by atoms with Crippen LogP contribution in [0.2, 0.25) is 3.43 Å². The van der Waals surface area contributed by atoms with E-state index in [1.165, 1.54) is 3.71 Å². The van der Waals surface area contributed by atoms with Gasteiger partial charge in [-0.25, -0.2) is 0 Å². The summed E-state index contributed by atoms with van der Waals surface area (Å²) in [6, 6.07) is 2.98. The van der Waals surface area contributed by atoms with E-state index >= 15 is 0 Å². The van der Waals surface area contributed by atoms with E-state index in [2.05, 4.69) is 62.5 Å². The Balaban J connectivity index is 1.89. The molecule has 0 bridgehead atoms. The van der Waals surface area contributed by atoms with Gasteiger partial charge in [0.15, 0.2) is 0 Å². The van der Waals surface area contributed by atoms with Gasteiger partial charge < -0.3 is 0 Å². The van der Waals surface area contributed by atoms with Gasteiger partial charge in [-0.2, -0.15) is 0 Å². The standard InChI is InChI=1S/C15H20N5O.C4H9.Sn/c1-11(2)17-14-3-6-16-9-13(14)15-10-20(19-18-15)12-4-7-21-8-5-12;1-4(2)3;/h3,9-12H,4-5,7-8H2,1-2H3,(H,16,17);1-3H3;. The van der Waals surface area contributed by atoms with Gasteiger partial charge in [-0.15, -0.1) is 0 Å². The molecule has 7 heteroatoms. The molecule has 0 aromatic carbocycles. The summed E-state index contributed by atoms with van der Waals surface area (Å²) >= 11 is -0.750. The number of aromatic nitrogens is 4. The third-order valence-electron chi connectivity index (χ3n) is 4.20. The Hall–Kier alpha value is -1.15. The number of rotatable bonds is 5. The second-order valence-corrected chi connectivity index (χ2v) is 14.7. The maximum atomic E-state index is 5.45. The van der Waals surface area contributed by atoms with E-state index in [9.17, 15) is 0 Å². The fraction of sp³-hybridized carbons (Fsp3) is 0.632. The molecule has 0 atom stereocenters. The van der Waals surface area contributed by atoms with Crippen LogP contribution in [-0.4, -0.2) is 60.4 Å². The zero-order valence-corrected chi connectivity index (χ0v) is 19.3. The Morgan fingerprint density at radius 2 is 2.00 bits per heavy atom. The van der Waals surface area contributed by atoms with Crippen LogP contribution in [0.1, 0.15) is 53.5 Å². The normalized spacial score (nSPS) is 16.2. The van der Waals surface area contributed by atoms with Gasteiger partial charge in [-0.05, 0) is 0 Å². The number of nitrogens with zero attached hydrogens (tertiary/aromatic N) is 4. The van der Waals surface area contributed by atoms with E-state index in [4.69, 9.17) is 9.72 Å². The Kier molecular flexibility index (Phi) is 6.22. The molecule has 0 unspecified atom stereocenters. The number of anilines is 1. The molecule has 2 radical (unpaired) electrons. The van der Waals surface area contributed by atoms with Crippen molar-refractivity contribution in [2.24, 2.45) is 0 Å². The molecular formula is C19H29N5OSn. The molecule has 3 rings (SSSR count). The van der Waals surface area contributed by atoms with E-state index < -0.39 is 21.1 Å². The molecule has 0 saturated carbocycles. The minimum atomic E-state index is -0.750. The van der Waals surface area contributed by atoms with Crippen LogP contribution in [-0.2, 0) is 4.74 Å². The first-order valence-corrected chi connectivity index (χ1v) is 12.2. The van der Waals surface area contributed by atoms with Crippen LogP contribution in [0.5, 0.6) is 0 Å². The molecule has 1 saturated heterocycles. The van der Waals surface area contributed by atoms with Crippen molar-refractivity contribution in [1.29, 1.82) is 0 Å². The molecule has 1 N–H and O–H groups in total. The summed E-state index contributed by atoms with van der Waals surface area (Å²) < 4.78 is 9.09. The average molecular weight is 462 g/mol. The van der Waals surface area contributed by atoms with Crippen LogP contribution in [0.25, 0.3) is 11.3 Å². The topological polar surface area (TPSA) is 64.9 Å². The van der Waals surface area contributed by atoms with E-state index in [1.807, 2.05) is 10.9 Å². The van der Waals surface area contributed by atoms with Gasteiger partial charge >= 0.3 is 166 Å². The van der Waals surface area contributed by atoms with Crippen LogP contribution in [0.15, 0.2) is 18.5 Å². The van der Waals surface area contributed by atoms with E-state index in [0.29, 0.717) is 15.5 Å². The molecule has 1 fully saturated rings. The Bertz CT molecular complexity index is 732. The van der Waals surface area contributed by atoms with Crippen molar-refractivity contribution in [3.8, 4) is 11.3 Å². The zero-order valence-electron chi connectivity index (χ0n) is 16.4. The Morgan fingerprint density at radius 3 is 2.65 bits per heavy atom. The van der Waals surface area contributed by atoms with Crippen molar-refractivity contribution in [2.45, 2.75) is 63.0 Å². The van der Waals surface area contributed by atoms with Crippen molar-refractivity contribution in [3.63, 3.8) is 0 Å². The Morgan fingerprint density at radius 1 is 1.27 bits per heavy atom. The Labute approximate surface area is 166 Å². The fourth-order valence-corrected chi connectivity index (χ4v) is 6.25. The molecule has 140 valence electrons. The first-order chi connectivity index (χ1) is 12.3. The summed E-state index contributed by atoms with van der Waals surface area (Å²) in [5.41, 5.74) is 3.04. The fourth-order valence-electron chi connectivity index (χ4n) is 3.07. The summed E-state index contributed by atoms with van der Waals surface area (Å²) in [6.45, 7) is 12.8. The third-order valence-corrected chi connectivity index (χ3v) is 7.85. The zero-order chi connectivity index (χ0) is 18.7. The first kappa shape index (κ1) is 19.6. The summed E-state index contributed by atoms with van der Waals surface area (Å²) in [5, 5.41) is 12.4. The molecule has 2 aromatic rings.